The summed E-state index contributed by atoms with van der Waals surface area (Å²) in [5.41, 5.74) is 0.803. The molecule has 0 N–H and O–H groups in total. The highest BCUT2D eigenvalue weighted by molar-refractivity contribution is 14.1. The number of benzene rings is 2. The average Bonchev–Trinajstić information content (AvgIpc) is 2.39. The molecular weight excluding hydrogens is 425 g/mol. The van der Waals surface area contributed by atoms with E-state index in [1.54, 1.807) is 6.07 Å². The van der Waals surface area contributed by atoms with E-state index in [4.69, 9.17) is 4.74 Å². The zero-order chi connectivity index (χ0) is 13.8. The molecule has 0 unspecified atom stereocenters. The number of hydrogen-bond donors (Lipinski definition) is 0. The largest absolute Gasteiger partial charge is 0.457 e. The third-order valence-corrected chi connectivity index (χ3v) is 3.70. The minimum atomic E-state index is -0.415. The Morgan fingerprint density at radius 2 is 2.05 bits per heavy atom. The molecule has 19 heavy (non-hydrogen) atoms. The van der Waals surface area contributed by atoms with Gasteiger partial charge in [-0.2, -0.15) is 0 Å². The molecule has 0 aliphatic rings. The van der Waals surface area contributed by atoms with Crippen LogP contribution in [0.4, 0.5) is 5.69 Å². The van der Waals surface area contributed by atoms with Crippen LogP contribution >= 0.6 is 38.5 Å². The quantitative estimate of drug-likeness (QED) is 0.298. The van der Waals surface area contributed by atoms with Crippen molar-refractivity contribution in [1.29, 1.82) is 0 Å². The van der Waals surface area contributed by atoms with Crippen molar-refractivity contribution >= 4 is 44.2 Å². The molecule has 0 atom stereocenters. The van der Waals surface area contributed by atoms with Crippen LogP contribution in [-0.4, -0.2) is 4.92 Å². The molecule has 0 spiro atoms. The SMILES string of the molecule is O=[N+]([O-])c1ccc(Oc2cccc(I)c2)c(CBr)c1. The maximum absolute atomic E-state index is 10.7. The molecule has 0 amide bonds. The van der Waals surface area contributed by atoms with Crippen molar-refractivity contribution < 1.29 is 9.66 Å². The van der Waals surface area contributed by atoms with E-state index in [2.05, 4.69) is 38.5 Å². The summed E-state index contributed by atoms with van der Waals surface area (Å²) in [5.74, 6) is 1.33. The van der Waals surface area contributed by atoms with Gasteiger partial charge < -0.3 is 4.74 Å². The lowest BCUT2D eigenvalue weighted by Gasteiger charge is -2.09. The average molecular weight is 434 g/mol. The summed E-state index contributed by atoms with van der Waals surface area (Å²) in [6.45, 7) is 0. The summed E-state index contributed by atoms with van der Waals surface area (Å²) < 4.78 is 6.83. The van der Waals surface area contributed by atoms with E-state index in [0.29, 0.717) is 16.8 Å². The molecule has 2 aromatic carbocycles. The molecule has 0 aliphatic heterocycles. The van der Waals surface area contributed by atoms with Crippen LogP contribution in [0.2, 0.25) is 0 Å². The monoisotopic (exact) mass is 433 g/mol. The van der Waals surface area contributed by atoms with Gasteiger partial charge in [0.1, 0.15) is 11.5 Å². The van der Waals surface area contributed by atoms with E-state index in [9.17, 15) is 10.1 Å². The van der Waals surface area contributed by atoms with Gasteiger partial charge in [0.25, 0.3) is 5.69 Å². The van der Waals surface area contributed by atoms with E-state index in [1.165, 1.54) is 12.1 Å². The van der Waals surface area contributed by atoms with Gasteiger partial charge in [0.2, 0.25) is 0 Å². The Kier molecular flexibility index (Phi) is 4.76. The Labute approximate surface area is 132 Å². The van der Waals surface area contributed by atoms with Crippen LogP contribution in [0, 0.1) is 13.7 Å². The second kappa shape index (κ2) is 6.33. The van der Waals surface area contributed by atoms with Gasteiger partial charge in [-0.25, -0.2) is 0 Å². The van der Waals surface area contributed by atoms with E-state index >= 15 is 0 Å². The zero-order valence-corrected chi connectivity index (χ0v) is 13.4. The summed E-state index contributed by atoms with van der Waals surface area (Å²) in [7, 11) is 0. The maximum atomic E-state index is 10.7. The molecule has 0 fully saturated rings. The molecule has 0 aromatic heterocycles. The standard InChI is InChI=1S/C13H9BrINO3/c14-8-9-6-11(16(17)18)4-5-13(9)19-12-3-1-2-10(15)7-12/h1-7H,8H2. The molecule has 0 aliphatic carbocycles. The van der Waals surface area contributed by atoms with Crippen LogP contribution < -0.4 is 4.74 Å². The molecule has 2 rings (SSSR count). The second-order valence-corrected chi connectivity index (χ2v) is 5.55. The number of rotatable bonds is 4. The number of nitrogens with zero attached hydrogens (tertiary/aromatic N) is 1. The summed E-state index contributed by atoms with van der Waals surface area (Å²) >= 11 is 5.52. The lowest BCUT2D eigenvalue weighted by molar-refractivity contribution is -0.384. The van der Waals surface area contributed by atoms with Crippen LogP contribution in [-0.2, 0) is 5.33 Å². The molecular formula is C13H9BrINO3. The molecule has 4 nitrogen and oxygen atoms in total. The van der Waals surface area contributed by atoms with Crippen LogP contribution in [0.5, 0.6) is 11.5 Å². The Bertz CT molecular complexity index is 619. The topological polar surface area (TPSA) is 52.4 Å². The second-order valence-electron chi connectivity index (χ2n) is 3.74. The Morgan fingerprint density at radius 3 is 2.68 bits per heavy atom. The van der Waals surface area contributed by atoms with Gasteiger partial charge in [-0.15, -0.1) is 0 Å². The Morgan fingerprint density at radius 1 is 1.26 bits per heavy atom. The minimum Gasteiger partial charge on any atom is -0.457 e. The van der Waals surface area contributed by atoms with Crippen molar-refractivity contribution in [2.45, 2.75) is 5.33 Å². The number of halogens is 2. The Hall–Kier alpha value is -1.15. The van der Waals surface area contributed by atoms with Crippen molar-refractivity contribution in [2.75, 3.05) is 0 Å². The van der Waals surface area contributed by atoms with E-state index in [1.807, 2.05) is 24.3 Å². The number of hydrogen-bond acceptors (Lipinski definition) is 3. The number of ether oxygens (including phenoxy) is 1. The van der Waals surface area contributed by atoms with Gasteiger partial charge in [-0.05, 0) is 46.9 Å². The summed E-state index contributed by atoms with van der Waals surface area (Å²) in [4.78, 5) is 10.3. The van der Waals surface area contributed by atoms with Gasteiger partial charge in [0.15, 0.2) is 0 Å². The fourth-order valence-electron chi connectivity index (χ4n) is 1.54. The van der Waals surface area contributed by atoms with Crippen molar-refractivity contribution in [3.63, 3.8) is 0 Å². The first-order valence-corrected chi connectivity index (χ1v) is 7.57. The first kappa shape index (κ1) is 14.3. The van der Waals surface area contributed by atoms with E-state index in [-0.39, 0.29) is 5.69 Å². The number of alkyl halides is 1. The highest BCUT2D eigenvalue weighted by Crippen LogP contribution is 2.30. The summed E-state index contributed by atoms with van der Waals surface area (Å²) in [6.07, 6.45) is 0. The molecule has 0 saturated heterocycles. The van der Waals surface area contributed by atoms with Gasteiger partial charge in [-0.3, -0.25) is 10.1 Å². The van der Waals surface area contributed by atoms with Gasteiger partial charge >= 0.3 is 0 Å². The summed E-state index contributed by atoms with van der Waals surface area (Å²) in [6, 6.07) is 12.2. The normalized spacial score (nSPS) is 10.2. The molecule has 0 radical (unpaired) electrons. The van der Waals surface area contributed by atoms with Crippen LogP contribution in [0.1, 0.15) is 5.56 Å². The highest BCUT2D eigenvalue weighted by Gasteiger charge is 2.11. The maximum Gasteiger partial charge on any atom is 0.270 e. The number of non-ortho nitro benzene ring substituents is 1. The van der Waals surface area contributed by atoms with Gasteiger partial charge in [0, 0.05) is 26.6 Å². The number of nitro benzene ring substituents is 1. The predicted octanol–water partition coefficient (Wildman–Crippen LogP) is 4.89. The third kappa shape index (κ3) is 3.66. The predicted molar refractivity (Wildman–Crippen MR) is 85.0 cm³/mol. The summed E-state index contributed by atoms with van der Waals surface area (Å²) in [5, 5.41) is 11.2. The first-order chi connectivity index (χ1) is 9.10. The van der Waals surface area contributed by atoms with Crippen LogP contribution in [0.25, 0.3) is 0 Å². The fraction of sp³-hybridized carbons (Fsp3) is 0.0769. The van der Waals surface area contributed by atoms with Gasteiger partial charge in [0.05, 0.1) is 4.92 Å². The van der Waals surface area contributed by atoms with Crippen molar-refractivity contribution in [3.05, 3.63) is 61.7 Å². The molecule has 0 heterocycles. The fourth-order valence-corrected chi connectivity index (χ4v) is 2.49. The molecule has 0 saturated carbocycles. The lowest BCUT2D eigenvalue weighted by Crippen LogP contribution is -1.93. The first-order valence-electron chi connectivity index (χ1n) is 5.37. The number of nitro groups is 1. The van der Waals surface area contributed by atoms with Crippen molar-refractivity contribution in [2.24, 2.45) is 0 Å². The minimum absolute atomic E-state index is 0.0597. The lowest BCUT2D eigenvalue weighted by atomic mass is 10.2. The molecule has 2 aromatic rings. The van der Waals surface area contributed by atoms with Crippen LogP contribution in [0.15, 0.2) is 42.5 Å². The van der Waals surface area contributed by atoms with E-state index in [0.717, 1.165) is 9.13 Å². The van der Waals surface area contributed by atoms with Crippen molar-refractivity contribution in [3.8, 4) is 11.5 Å². The molecule has 0 bridgehead atoms. The van der Waals surface area contributed by atoms with Crippen LogP contribution in [0.3, 0.4) is 0 Å². The molecule has 6 heteroatoms. The third-order valence-electron chi connectivity index (χ3n) is 2.42. The smallest absolute Gasteiger partial charge is 0.270 e. The van der Waals surface area contributed by atoms with E-state index < -0.39 is 4.92 Å². The Balaban J connectivity index is 2.32. The molecule has 98 valence electrons. The highest BCUT2D eigenvalue weighted by atomic mass is 127. The van der Waals surface area contributed by atoms with Gasteiger partial charge in [-0.1, -0.05) is 22.0 Å². The zero-order valence-electron chi connectivity index (χ0n) is 9.68. The van der Waals surface area contributed by atoms with Crippen molar-refractivity contribution in [1.82, 2.24) is 0 Å².